The van der Waals surface area contributed by atoms with Crippen molar-refractivity contribution in [2.24, 2.45) is 5.41 Å². The summed E-state index contributed by atoms with van der Waals surface area (Å²) in [5, 5.41) is 0. The molecule has 0 aromatic heterocycles. The molecule has 0 fully saturated rings. The zero-order valence-electron chi connectivity index (χ0n) is 13.3. The average molecular weight is 289 g/mol. The van der Waals surface area contributed by atoms with Crippen molar-refractivity contribution in [1.29, 1.82) is 0 Å². The summed E-state index contributed by atoms with van der Waals surface area (Å²) in [4.78, 5) is 14.2. The maximum absolute atomic E-state index is 12.4. The molecule has 0 spiro atoms. The van der Waals surface area contributed by atoms with E-state index in [1.165, 1.54) is 11.1 Å². The van der Waals surface area contributed by atoms with Gasteiger partial charge in [0.25, 0.3) is 0 Å². The summed E-state index contributed by atoms with van der Waals surface area (Å²) in [7, 11) is 1.87. The maximum atomic E-state index is 12.4. The molecule has 2 aliphatic heterocycles. The molecule has 2 aliphatic rings. The Hall–Kier alpha value is -1.71. The van der Waals surface area contributed by atoms with E-state index in [1.807, 2.05) is 27.8 Å². The Morgan fingerprint density at radius 2 is 1.95 bits per heavy atom. The van der Waals surface area contributed by atoms with Crippen LogP contribution in [0.25, 0.3) is 0 Å². The van der Waals surface area contributed by atoms with E-state index < -0.39 is 0 Å². The Labute approximate surface area is 126 Å². The van der Waals surface area contributed by atoms with Gasteiger partial charge < -0.3 is 14.4 Å². The number of carbonyl (C=O) groups excluding carboxylic acids is 1. The van der Waals surface area contributed by atoms with Crippen LogP contribution in [0.5, 0.6) is 11.5 Å². The lowest BCUT2D eigenvalue weighted by atomic mass is 9.94. The molecule has 0 saturated heterocycles. The second-order valence-electron chi connectivity index (χ2n) is 6.93. The summed E-state index contributed by atoms with van der Waals surface area (Å²) in [6, 6.07) is 2.11. The fraction of sp³-hybridized carbons (Fsp3) is 0.588. The van der Waals surface area contributed by atoms with Crippen molar-refractivity contribution in [2.45, 2.75) is 40.2 Å². The molecule has 0 saturated carbocycles. The van der Waals surface area contributed by atoms with Crippen molar-refractivity contribution in [3.8, 4) is 11.5 Å². The van der Waals surface area contributed by atoms with Crippen LogP contribution in [0.2, 0.25) is 0 Å². The van der Waals surface area contributed by atoms with E-state index >= 15 is 0 Å². The van der Waals surface area contributed by atoms with Gasteiger partial charge in [0.2, 0.25) is 5.91 Å². The summed E-state index contributed by atoms with van der Waals surface area (Å²) in [5.41, 5.74) is 3.19. The smallest absolute Gasteiger partial charge is 0.227 e. The molecular weight excluding hydrogens is 266 g/mol. The molecule has 0 atom stereocenters. The van der Waals surface area contributed by atoms with Crippen LogP contribution in [-0.2, 0) is 24.2 Å². The number of hydrogen-bond donors (Lipinski definition) is 0. The lowest BCUT2D eigenvalue weighted by molar-refractivity contribution is -0.138. The van der Waals surface area contributed by atoms with E-state index in [4.69, 9.17) is 9.47 Å². The molecule has 1 aromatic carbocycles. The number of hydrogen-bond acceptors (Lipinski definition) is 3. The molecule has 0 N–H and O–H groups in total. The quantitative estimate of drug-likeness (QED) is 0.840. The Kier molecular flexibility index (Phi) is 3.34. The minimum Gasteiger partial charge on any atom is -0.493 e. The van der Waals surface area contributed by atoms with E-state index in [2.05, 4.69) is 6.07 Å². The summed E-state index contributed by atoms with van der Waals surface area (Å²) < 4.78 is 11.5. The SMILES string of the molecule is CN(Cc1c2c(cc3c1OCC3)OCC2)C(=O)C(C)(C)C. The monoisotopic (exact) mass is 289 g/mol. The van der Waals surface area contributed by atoms with E-state index in [1.54, 1.807) is 4.90 Å². The largest absolute Gasteiger partial charge is 0.493 e. The zero-order valence-corrected chi connectivity index (χ0v) is 13.3. The molecule has 4 heteroatoms. The number of ether oxygens (including phenoxy) is 2. The van der Waals surface area contributed by atoms with Crippen LogP contribution in [0.4, 0.5) is 0 Å². The summed E-state index contributed by atoms with van der Waals surface area (Å²) in [5.74, 6) is 2.10. The van der Waals surface area contributed by atoms with Crippen LogP contribution in [0.3, 0.4) is 0 Å². The molecule has 2 heterocycles. The first kappa shape index (κ1) is 14.2. The van der Waals surface area contributed by atoms with Crippen molar-refractivity contribution < 1.29 is 14.3 Å². The molecule has 4 nitrogen and oxygen atoms in total. The molecule has 0 unspecified atom stereocenters. The first-order valence-electron chi connectivity index (χ1n) is 7.56. The Morgan fingerprint density at radius 3 is 2.67 bits per heavy atom. The number of benzene rings is 1. The van der Waals surface area contributed by atoms with Gasteiger partial charge in [-0.15, -0.1) is 0 Å². The number of carbonyl (C=O) groups is 1. The highest BCUT2D eigenvalue weighted by atomic mass is 16.5. The summed E-state index contributed by atoms with van der Waals surface area (Å²) in [6.45, 7) is 7.89. The van der Waals surface area contributed by atoms with E-state index in [9.17, 15) is 4.79 Å². The highest BCUT2D eigenvalue weighted by Crippen LogP contribution is 2.41. The molecule has 21 heavy (non-hydrogen) atoms. The first-order chi connectivity index (χ1) is 9.88. The number of nitrogens with zero attached hydrogens (tertiary/aromatic N) is 1. The van der Waals surface area contributed by atoms with Gasteiger partial charge in [-0.2, -0.15) is 0 Å². The Morgan fingerprint density at radius 1 is 1.24 bits per heavy atom. The normalized spacial score (nSPS) is 16.0. The van der Waals surface area contributed by atoms with Crippen LogP contribution in [0.15, 0.2) is 6.07 Å². The van der Waals surface area contributed by atoms with Gasteiger partial charge in [0.1, 0.15) is 11.5 Å². The Bertz CT molecular complexity index is 554. The number of fused-ring (bicyclic) bond motifs is 2. The number of rotatable bonds is 2. The molecule has 0 radical (unpaired) electrons. The summed E-state index contributed by atoms with van der Waals surface area (Å²) >= 11 is 0. The van der Waals surface area contributed by atoms with Gasteiger partial charge >= 0.3 is 0 Å². The standard InChI is InChI=1S/C17H23NO3/c1-17(2,3)16(19)18(4)10-13-12-6-8-20-14(12)9-11-5-7-21-15(11)13/h9H,5-8,10H2,1-4H3. The predicted molar refractivity (Wildman–Crippen MR) is 80.8 cm³/mol. The van der Waals surface area contributed by atoms with Gasteiger partial charge in [-0.05, 0) is 6.07 Å². The number of amides is 1. The van der Waals surface area contributed by atoms with Crippen molar-refractivity contribution in [1.82, 2.24) is 4.90 Å². The van der Waals surface area contributed by atoms with Crippen molar-refractivity contribution in [3.63, 3.8) is 0 Å². The first-order valence-corrected chi connectivity index (χ1v) is 7.56. The lowest BCUT2D eigenvalue weighted by Crippen LogP contribution is -2.36. The topological polar surface area (TPSA) is 38.8 Å². The van der Waals surface area contributed by atoms with Gasteiger partial charge in [-0.1, -0.05) is 20.8 Å². The Balaban J connectivity index is 1.94. The molecule has 1 amide bonds. The fourth-order valence-corrected chi connectivity index (χ4v) is 3.13. The van der Waals surface area contributed by atoms with Crippen LogP contribution >= 0.6 is 0 Å². The predicted octanol–water partition coefficient (Wildman–Crippen LogP) is 2.56. The highest BCUT2D eigenvalue weighted by molar-refractivity contribution is 5.81. The van der Waals surface area contributed by atoms with Crippen LogP contribution in [0, 0.1) is 5.41 Å². The fourth-order valence-electron chi connectivity index (χ4n) is 3.13. The second kappa shape index (κ2) is 4.93. The van der Waals surface area contributed by atoms with Crippen LogP contribution in [0.1, 0.15) is 37.5 Å². The van der Waals surface area contributed by atoms with E-state index in [0.717, 1.165) is 43.1 Å². The minimum atomic E-state index is -0.368. The van der Waals surface area contributed by atoms with Gasteiger partial charge in [0, 0.05) is 48.5 Å². The van der Waals surface area contributed by atoms with Crippen molar-refractivity contribution in [3.05, 3.63) is 22.8 Å². The van der Waals surface area contributed by atoms with Crippen LogP contribution < -0.4 is 9.47 Å². The lowest BCUT2D eigenvalue weighted by Gasteiger charge is -2.27. The van der Waals surface area contributed by atoms with Gasteiger partial charge in [0.05, 0.1) is 13.2 Å². The van der Waals surface area contributed by atoms with Gasteiger partial charge in [0.15, 0.2) is 0 Å². The average Bonchev–Trinajstić information content (AvgIpc) is 3.04. The summed E-state index contributed by atoms with van der Waals surface area (Å²) in [6.07, 6.45) is 1.83. The molecule has 0 aliphatic carbocycles. The van der Waals surface area contributed by atoms with Crippen LogP contribution in [-0.4, -0.2) is 31.1 Å². The molecular formula is C17H23NO3. The third kappa shape index (κ3) is 2.47. The van der Waals surface area contributed by atoms with Crippen molar-refractivity contribution in [2.75, 3.05) is 20.3 Å². The molecule has 0 bridgehead atoms. The third-order valence-electron chi connectivity index (χ3n) is 4.14. The van der Waals surface area contributed by atoms with E-state index in [0.29, 0.717) is 6.54 Å². The minimum absolute atomic E-state index is 0.144. The molecule has 1 aromatic rings. The molecule has 3 rings (SSSR count). The third-order valence-corrected chi connectivity index (χ3v) is 4.14. The van der Waals surface area contributed by atoms with Crippen molar-refractivity contribution >= 4 is 5.91 Å². The molecule has 114 valence electrons. The highest BCUT2D eigenvalue weighted by Gasteiger charge is 2.30. The maximum Gasteiger partial charge on any atom is 0.227 e. The van der Waals surface area contributed by atoms with E-state index in [-0.39, 0.29) is 11.3 Å². The second-order valence-corrected chi connectivity index (χ2v) is 6.93. The zero-order chi connectivity index (χ0) is 15.2. The van der Waals surface area contributed by atoms with Gasteiger partial charge in [-0.25, -0.2) is 0 Å². The van der Waals surface area contributed by atoms with Gasteiger partial charge in [-0.3, -0.25) is 4.79 Å².